The van der Waals surface area contributed by atoms with Gasteiger partial charge in [0.25, 0.3) is 0 Å². The second-order valence-electron chi connectivity index (χ2n) is 8.48. The second-order valence-corrected chi connectivity index (χ2v) is 10.6. The summed E-state index contributed by atoms with van der Waals surface area (Å²) >= 11 is 0. The summed E-state index contributed by atoms with van der Waals surface area (Å²) in [4.78, 5) is 0. The molecule has 0 spiro atoms. The molecule has 0 amide bonds. The van der Waals surface area contributed by atoms with E-state index in [9.17, 15) is 8.42 Å². The van der Waals surface area contributed by atoms with Crippen LogP contribution in [0.25, 0.3) is 22.0 Å². The molecule has 0 saturated carbocycles. The van der Waals surface area contributed by atoms with Crippen molar-refractivity contribution in [3.05, 3.63) is 72.7 Å². The number of aromatic amines is 1. The summed E-state index contributed by atoms with van der Waals surface area (Å²) in [7, 11) is -3.22. The lowest BCUT2D eigenvalue weighted by atomic mass is 9.98. The second kappa shape index (κ2) is 8.88. The van der Waals surface area contributed by atoms with E-state index in [4.69, 9.17) is 0 Å². The molecule has 7 nitrogen and oxygen atoms in total. The van der Waals surface area contributed by atoms with E-state index >= 15 is 0 Å². The molecule has 0 bridgehead atoms. The topological polar surface area (TPSA) is 83.9 Å². The molecular weight excluding hydrogens is 422 g/mol. The van der Waals surface area contributed by atoms with Crippen molar-refractivity contribution >= 4 is 20.9 Å². The molecule has 0 atom stereocenters. The van der Waals surface area contributed by atoms with Crippen LogP contribution >= 0.6 is 0 Å². The van der Waals surface area contributed by atoms with Gasteiger partial charge in [0.2, 0.25) is 10.0 Å². The Hall–Kier alpha value is -2.97. The van der Waals surface area contributed by atoms with E-state index in [1.807, 2.05) is 48.9 Å². The Bertz CT molecular complexity index is 1270. The number of aromatic nitrogens is 4. The van der Waals surface area contributed by atoms with Crippen molar-refractivity contribution in [3.8, 4) is 11.1 Å². The molecule has 2 aromatic carbocycles. The van der Waals surface area contributed by atoms with Crippen molar-refractivity contribution in [2.45, 2.75) is 25.8 Å². The Labute approximate surface area is 188 Å². The van der Waals surface area contributed by atoms with Gasteiger partial charge < -0.3 is 0 Å². The smallest absolute Gasteiger partial charge is 0.214 e. The Morgan fingerprint density at radius 1 is 1.00 bits per heavy atom. The Kier molecular flexibility index (Phi) is 5.80. The number of hydrogen-bond acceptors (Lipinski definition) is 4. The average molecular weight is 450 g/mol. The van der Waals surface area contributed by atoms with Gasteiger partial charge in [-0.15, -0.1) is 0 Å². The number of nitrogens with one attached hydrogen (secondary N) is 1. The van der Waals surface area contributed by atoms with Gasteiger partial charge in [0.05, 0.1) is 23.7 Å². The lowest BCUT2D eigenvalue weighted by Crippen LogP contribution is -2.40. The fourth-order valence-corrected chi connectivity index (χ4v) is 5.98. The summed E-state index contributed by atoms with van der Waals surface area (Å²) in [5.41, 5.74) is 4.34. The fraction of sp³-hybridized carbons (Fsp3) is 0.333. The van der Waals surface area contributed by atoms with Crippen LogP contribution in [0.1, 0.15) is 18.4 Å². The lowest BCUT2D eigenvalue weighted by molar-refractivity contribution is 0.249. The van der Waals surface area contributed by atoms with Gasteiger partial charge in [-0.05, 0) is 48.4 Å². The van der Waals surface area contributed by atoms with Crippen molar-refractivity contribution in [2.75, 3.05) is 18.8 Å². The third-order valence-electron chi connectivity index (χ3n) is 6.36. The van der Waals surface area contributed by atoms with Crippen LogP contribution in [0.2, 0.25) is 0 Å². The van der Waals surface area contributed by atoms with Crippen molar-refractivity contribution < 1.29 is 8.42 Å². The first-order chi connectivity index (χ1) is 15.6. The minimum atomic E-state index is -3.22. The van der Waals surface area contributed by atoms with Crippen molar-refractivity contribution in [1.82, 2.24) is 24.3 Å². The normalized spacial score (nSPS) is 16.0. The van der Waals surface area contributed by atoms with Gasteiger partial charge in [0, 0.05) is 36.8 Å². The number of sulfonamides is 1. The van der Waals surface area contributed by atoms with Crippen LogP contribution in [-0.2, 0) is 23.0 Å². The minimum Gasteiger partial charge on any atom is -0.285 e. The maximum atomic E-state index is 12.8. The van der Waals surface area contributed by atoms with Gasteiger partial charge >= 0.3 is 0 Å². The van der Waals surface area contributed by atoms with Crippen LogP contribution < -0.4 is 0 Å². The molecule has 0 aliphatic carbocycles. The lowest BCUT2D eigenvalue weighted by Gasteiger charge is -2.31. The van der Waals surface area contributed by atoms with Crippen molar-refractivity contribution in [1.29, 1.82) is 0 Å². The average Bonchev–Trinajstić information content (AvgIpc) is 3.49. The minimum absolute atomic E-state index is 0.171. The summed E-state index contributed by atoms with van der Waals surface area (Å²) in [6, 6.07) is 16.1. The van der Waals surface area contributed by atoms with Gasteiger partial charge in [0.1, 0.15) is 0 Å². The largest absolute Gasteiger partial charge is 0.285 e. The maximum absolute atomic E-state index is 12.8. The number of fused-ring (bicyclic) bond motifs is 1. The zero-order chi connectivity index (χ0) is 22.0. The maximum Gasteiger partial charge on any atom is 0.214 e. The molecule has 8 heteroatoms. The number of hydrogen-bond donors (Lipinski definition) is 1. The van der Waals surface area contributed by atoms with E-state index in [1.165, 1.54) is 0 Å². The zero-order valence-electron chi connectivity index (χ0n) is 17.9. The highest BCUT2D eigenvalue weighted by molar-refractivity contribution is 7.89. The summed E-state index contributed by atoms with van der Waals surface area (Å²) in [5, 5.41) is 12.6. The molecular formula is C24H27N5O2S. The molecule has 32 heavy (non-hydrogen) atoms. The monoisotopic (exact) mass is 449 g/mol. The standard InChI is InChI=1S/C24H27N5O2S/c30-32(31,13-10-19-4-2-1-3-5-19)28-11-8-20(9-12-28)18-29-24-7-6-21(14-22(24)17-27-29)23-15-25-26-16-23/h1-7,14-17,20H,8-13,18H2,(H,25,26). The van der Waals surface area contributed by atoms with Crippen LogP contribution in [0.4, 0.5) is 0 Å². The third kappa shape index (κ3) is 4.47. The SMILES string of the molecule is O=S(=O)(CCc1ccccc1)N1CCC(Cn2ncc3cc(-c4cn[nH]c4)ccc32)CC1. The van der Waals surface area contributed by atoms with Crippen LogP contribution in [0.5, 0.6) is 0 Å². The number of benzene rings is 2. The van der Waals surface area contributed by atoms with E-state index in [1.54, 1.807) is 4.31 Å². The van der Waals surface area contributed by atoms with Gasteiger partial charge in [-0.1, -0.05) is 36.4 Å². The molecule has 1 aliphatic rings. The number of nitrogens with zero attached hydrogens (tertiary/aromatic N) is 4. The number of H-pyrrole nitrogens is 1. The van der Waals surface area contributed by atoms with Crippen LogP contribution in [0, 0.1) is 5.92 Å². The molecule has 1 aliphatic heterocycles. The molecule has 1 N–H and O–H groups in total. The fourth-order valence-electron chi connectivity index (χ4n) is 4.46. The predicted molar refractivity (Wildman–Crippen MR) is 126 cm³/mol. The highest BCUT2D eigenvalue weighted by atomic mass is 32.2. The zero-order valence-corrected chi connectivity index (χ0v) is 18.7. The summed E-state index contributed by atoms with van der Waals surface area (Å²) in [5.74, 6) is 0.594. The molecule has 0 unspecified atom stereocenters. The molecule has 1 saturated heterocycles. The van der Waals surface area contributed by atoms with E-state index < -0.39 is 10.0 Å². The molecule has 3 heterocycles. The number of aryl methyl sites for hydroxylation is 1. The molecule has 2 aromatic heterocycles. The number of rotatable bonds is 7. The summed E-state index contributed by atoms with van der Waals surface area (Å²) < 4.78 is 29.3. The van der Waals surface area contributed by atoms with Crippen LogP contribution in [0.15, 0.2) is 67.1 Å². The first-order valence-electron chi connectivity index (χ1n) is 11.0. The Balaban J connectivity index is 1.19. The van der Waals surface area contributed by atoms with Gasteiger partial charge in [-0.2, -0.15) is 10.2 Å². The van der Waals surface area contributed by atoms with E-state index in [0.29, 0.717) is 25.4 Å². The Morgan fingerprint density at radius 2 is 1.81 bits per heavy atom. The molecule has 166 valence electrons. The van der Waals surface area contributed by atoms with Crippen LogP contribution in [-0.4, -0.2) is 51.5 Å². The van der Waals surface area contributed by atoms with E-state index in [-0.39, 0.29) is 5.75 Å². The summed E-state index contributed by atoms with van der Waals surface area (Å²) in [6.07, 6.45) is 7.88. The first-order valence-corrected chi connectivity index (χ1v) is 12.7. The van der Waals surface area contributed by atoms with Crippen molar-refractivity contribution in [3.63, 3.8) is 0 Å². The van der Waals surface area contributed by atoms with Crippen LogP contribution in [0.3, 0.4) is 0 Å². The van der Waals surface area contributed by atoms with Gasteiger partial charge in [0.15, 0.2) is 0 Å². The molecule has 5 rings (SSSR count). The Morgan fingerprint density at radius 3 is 2.56 bits per heavy atom. The quantitative estimate of drug-likeness (QED) is 0.466. The van der Waals surface area contributed by atoms with E-state index in [2.05, 4.69) is 38.2 Å². The summed E-state index contributed by atoms with van der Waals surface area (Å²) in [6.45, 7) is 1.99. The highest BCUT2D eigenvalue weighted by Gasteiger charge is 2.28. The third-order valence-corrected chi connectivity index (χ3v) is 8.23. The molecule has 1 fully saturated rings. The van der Waals surface area contributed by atoms with Gasteiger partial charge in [-0.25, -0.2) is 12.7 Å². The highest BCUT2D eigenvalue weighted by Crippen LogP contribution is 2.26. The predicted octanol–water partition coefficient (Wildman–Crippen LogP) is 3.71. The molecule has 0 radical (unpaired) electrons. The van der Waals surface area contributed by atoms with E-state index in [0.717, 1.165) is 47.0 Å². The number of piperidine rings is 1. The molecule has 4 aromatic rings. The first kappa shape index (κ1) is 20.9. The van der Waals surface area contributed by atoms with Gasteiger partial charge in [-0.3, -0.25) is 9.78 Å². The van der Waals surface area contributed by atoms with Crippen molar-refractivity contribution in [2.24, 2.45) is 5.92 Å².